The van der Waals surface area contributed by atoms with Gasteiger partial charge < -0.3 is 9.32 Å². The van der Waals surface area contributed by atoms with Crippen molar-refractivity contribution in [2.45, 2.75) is 12.6 Å². The summed E-state index contributed by atoms with van der Waals surface area (Å²) in [4.78, 5) is 2.08. The van der Waals surface area contributed by atoms with Gasteiger partial charge in [0.05, 0.1) is 35.8 Å². The van der Waals surface area contributed by atoms with Crippen LogP contribution < -0.4 is 11.3 Å². The number of furan rings is 1. The molecule has 2 aromatic heterocycles. The molecule has 2 heterocycles. The van der Waals surface area contributed by atoms with Crippen molar-refractivity contribution in [3.63, 3.8) is 0 Å². The van der Waals surface area contributed by atoms with E-state index >= 15 is 0 Å². The maximum Gasteiger partial charge on any atom is 0.174 e. The van der Waals surface area contributed by atoms with Gasteiger partial charge in [0, 0.05) is 12.1 Å². The van der Waals surface area contributed by atoms with Gasteiger partial charge in [0.25, 0.3) is 0 Å². The number of likely N-dealkylation sites (N-methyl/N-ethyl adjacent to an activating group) is 1. The van der Waals surface area contributed by atoms with Gasteiger partial charge in [-0.3, -0.25) is 10.5 Å². The first-order valence-corrected chi connectivity index (χ1v) is 7.26. The summed E-state index contributed by atoms with van der Waals surface area (Å²) in [6.45, 7) is 1.58. The molecular formula is C12H17BrClN5O. The largest absolute Gasteiger partial charge is 0.457 e. The molecule has 0 aliphatic rings. The normalized spacial score (nSPS) is 13.1. The maximum absolute atomic E-state index is 6.26. The molecule has 0 bridgehead atoms. The third kappa shape index (κ3) is 3.24. The van der Waals surface area contributed by atoms with Gasteiger partial charge in [-0.25, -0.2) is 5.43 Å². The lowest BCUT2D eigenvalue weighted by molar-refractivity contribution is 0.365. The van der Waals surface area contributed by atoms with Crippen LogP contribution in [-0.4, -0.2) is 35.3 Å². The molecule has 0 radical (unpaired) electrons. The van der Waals surface area contributed by atoms with Crippen LogP contribution in [0.4, 0.5) is 0 Å². The van der Waals surface area contributed by atoms with Crippen molar-refractivity contribution < 1.29 is 4.42 Å². The first kappa shape index (κ1) is 15.5. The number of nitrogens with two attached hydrogens (primary N) is 1. The lowest BCUT2D eigenvalue weighted by atomic mass is 10.1. The fourth-order valence-corrected chi connectivity index (χ4v) is 2.68. The van der Waals surface area contributed by atoms with Gasteiger partial charge in [-0.1, -0.05) is 11.6 Å². The van der Waals surface area contributed by atoms with Crippen LogP contribution in [0.1, 0.15) is 17.3 Å². The minimum Gasteiger partial charge on any atom is -0.457 e. The van der Waals surface area contributed by atoms with Crippen LogP contribution in [0.3, 0.4) is 0 Å². The van der Waals surface area contributed by atoms with Crippen LogP contribution in [-0.2, 0) is 6.54 Å². The summed E-state index contributed by atoms with van der Waals surface area (Å²) >= 11 is 9.63. The smallest absolute Gasteiger partial charge is 0.174 e. The Morgan fingerprint density at radius 3 is 2.90 bits per heavy atom. The number of hydrogen-bond acceptors (Lipinski definition) is 5. The van der Waals surface area contributed by atoms with Crippen molar-refractivity contribution in [3.05, 3.63) is 39.5 Å². The van der Waals surface area contributed by atoms with Crippen molar-refractivity contribution >= 4 is 27.5 Å². The van der Waals surface area contributed by atoms with Gasteiger partial charge in [0.15, 0.2) is 4.67 Å². The Morgan fingerprint density at radius 1 is 1.60 bits per heavy atom. The monoisotopic (exact) mass is 361 g/mol. The van der Waals surface area contributed by atoms with E-state index < -0.39 is 0 Å². The van der Waals surface area contributed by atoms with Crippen LogP contribution in [0.15, 0.2) is 27.6 Å². The van der Waals surface area contributed by atoms with Crippen molar-refractivity contribution in [1.82, 2.24) is 20.1 Å². The van der Waals surface area contributed by atoms with E-state index in [1.54, 1.807) is 12.5 Å². The number of nitrogens with one attached hydrogen (secondary N) is 1. The van der Waals surface area contributed by atoms with Gasteiger partial charge in [0.1, 0.15) is 0 Å². The van der Waals surface area contributed by atoms with E-state index in [1.165, 1.54) is 0 Å². The summed E-state index contributed by atoms with van der Waals surface area (Å²) in [5.74, 6) is 5.70. The fraction of sp³-hybridized carbons (Fsp3) is 0.417. The molecule has 6 nitrogen and oxygen atoms in total. The summed E-state index contributed by atoms with van der Waals surface area (Å²) in [6, 6.07) is 1.55. The first-order valence-electron chi connectivity index (χ1n) is 6.09. The molecule has 0 amide bonds. The van der Waals surface area contributed by atoms with Crippen LogP contribution in [0.2, 0.25) is 5.02 Å². The highest BCUT2D eigenvalue weighted by atomic mass is 79.9. The van der Waals surface area contributed by atoms with Gasteiger partial charge in [-0.05, 0) is 36.1 Å². The molecule has 2 rings (SSSR count). The second-order valence-electron chi connectivity index (χ2n) is 4.65. The zero-order valence-electron chi connectivity index (χ0n) is 11.3. The summed E-state index contributed by atoms with van der Waals surface area (Å²) in [5, 5.41) is 4.88. The molecule has 0 aliphatic heterocycles. The standard InChI is InChI=1S/C12H17BrClN5O/c1-18(2)4-5-19-11(9(14)7-16-19)10(17-15)8-3-6-20-12(8)13/h3,6-7,10,17H,4-5,15H2,1-2H3. The summed E-state index contributed by atoms with van der Waals surface area (Å²) in [7, 11) is 4.02. The molecule has 0 aromatic carbocycles. The van der Waals surface area contributed by atoms with E-state index in [-0.39, 0.29) is 6.04 Å². The third-order valence-corrected chi connectivity index (χ3v) is 3.93. The quantitative estimate of drug-likeness (QED) is 0.607. The Kier molecular flexibility index (Phi) is 5.22. The number of nitrogens with zero attached hydrogens (tertiary/aromatic N) is 3. The molecular weight excluding hydrogens is 346 g/mol. The topological polar surface area (TPSA) is 72.2 Å². The molecule has 0 saturated carbocycles. The van der Waals surface area contributed by atoms with Gasteiger partial charge >= 0.3 is 0 Å². The highest BCUT2D eigenvalue weighted by Gasteiger charge is 2.24. The molecule has 1 atom stereocenters. The average Bonchev–Trinajstić information content (AvgIpc) is 2.97. The second-order valence-corrected chi connectivity index (χ2v) is 5.78. The zero-order valence-corrected chi connectivity index (χ0v) is 13.6. The Labute approximate surface area is 131 Å². The van der Waals surface area contributed by atoms with E-state index in [0.717, 1.165) is 24.3 Å². The van der Waals surface area contributed by atoms with Gasteiger partial charge in [-0.2, -0.15) is 5.10 Å². The second kappa shape index (κ2) is 6.73. The zero-order chi connectivity index (χ0) is 14.7. The molecule has 1 unspecified atom stereocenters. The fourth-order valence-electron chi connectivity index (χ4n) is 1.96. The molecule has 3 N–H and O–H groups in total. The van der Waals surface area contributed by atoms with Crippen LogP contribution >= 0.6 is 27.5 Å². The highest BCUT2D eigenvalue weighted by molar-refractivity contribution is 9.10. The third-order valence-electron chi connectivity index (χ3n) is 2.99. The molecule has 8 heteroatoms. The highest BCUT2D eigenvalue weighted by Crippen LogP contribution is 2.32. The van der Waals surface area contributed by atoms with Crippen LogP contribution in [0, 0.1) is 0 Å². The molecule has 20 heavy (non-hydrogen) atoms. The molecule has 0 saturated heterocycles. The van der Waals surface area contributed by atoms with Gasteiger partial charge in [-0.15, -0.1) is 0 Å². The summed E-state index contributed by atoms with van der Waals surface area (Å²) in [6.07, 6.45) is 3.23. The minimum absolute atomic E-state index is 0.291. The number of hydrogen-bond donors (Lipinski definition) is 2. The minimum atomic E-state index is -0.291. The molecule has 110 valence electrons. The predicted octanol–water partition coefficient (Wildman–Crippen LogP) is 2.01. The number of aromatic nitrogens is 2. The molecule has 0 aliphatic carbocycles. The Balaban J connectivity index is 2.34. The van der Waals surface area contributed by atoms with Crippen LogP contribution in [0.25, 0.3) is 0 Å². The van der Waals surface area contributed by atoms with Crippen LogP contribution in [0.5, 0.6) is 0 Å². The summed E-state index contributed by atoms with van der Waals surface area (Å²) in [5.41, 5.74) is 4.46. The Morgan fingerprint density at radius 2 is 2.35 bits per heavy atom. The average molecular weight is 363 g/mol. The predicted molar refractivity (Wildman–Crippen MR) is 81.4 cm³/mol. The van der Waals surface area contributed by atoms with E-state index in [9.17, 15) is 0 Å². The van der Waals surface area contributed by atoms with Gasteiger partial charge in [0.2, 0.25) is 0 Å². The Hall–Kier alpha value is -0.860. The molecule has 0 spiro atoms. The van der Waals surface area contributed by atoms with Crippen molar-refractivity contribution in [3.8, 4) is 0 Å². The van der Waals surface area contributed by atoms with E-state index in [0.29, 0.717) is 9.69 Å². The molecule has 2 aromatic rings. The Bertz CT molecular complexity index is 568. The van der Waals surface area contributed by atoms with Crippen molar-refractivity contribution in [2.24, 2.45) is 5.84 Å². The molecule has 0 fully saturated rings. The van der Waals surface area contributed by atoms with E-state index in [1.807, 2.05) is 24.8 Å². The number of hydrazine groups is 1. The number of halogens is 2. The van der Waals surface area contributed by atoms with E-state index in [2.05, 4.69) is 31.4 Å². The van der Waals surface area contributed by atoms with Crippen molar-refractivity contribution in [2.75, 3.05) is 20.6 Å². The lowest BCUT2D eigenvalue weighted by Gasteiger charge is -2.19. The first-order chi connectivity index (χ1) is 9.54. The van der Waals surface area contributed by atoms with E-state index in [4.69, 9.17) is 21.9 Å². The lowest BCUT2D eigenvalue weighted by Crippen LogP contribution is -2.32. The number of rotatable bonds is 6. The maximum atomic E-state index is 6.26. The van der Waals surface area contributed by atoms with Crippen molar-refractivity contribution in [1.29, 1.82) is 0 Å². The summed E-state index contributed by atoms with van der Waals surface area (Å²) < 4.78 is 7.74. The SMILES string of the molecule is CN(C)CCn1ncc(Cl)c1C(NN)c1ccoc1Br.